The maximum absolute atomic E-state index is 12.8. The Kier molecular flexibility index (Phi) is 5.25. The van der Waals surface area contributed by atoms with Crippen molar-refractivity contribution >= 4 is 17.5 Å². The number of nitrogens with zero attached hydrogens (tertiary/aromatic N) is 1. The van der Waals surface area contributed by atoms with Crippen LogP contribution >= 0.6 is 0 Å². The molecule has 0 saturated heterocycles. The summed E-state index contributed by atoms with van der Waals surface area (Å²) in [5.74, 6) is -0.641. The molecule has 1 aliphatic carbocycles. The summed E-state index contributed by atoms with van der Waals surface area (Å²) in [6, 6.07) is 7.63. The van der Waals surface area contributed by atoms with Gasteiger partial charge in [0.1, 0.15) is 11.7 Å². The zero-order chi connectivity index (χ0) is 18.8. The van der Waals surface area contributed by atoms with Gasteiger partial charge in [-0.2, -0.15) is 0 Å². The van der Waals surface area contributed by atoms with Crippen LogP contribution in [0.1, 0.15) is 51.5 Å². The molecule has 0 fully saturated rings. The number of para-hydroxylation sites is 1. The fourth-order valence-electron chi connectivity index (χ4n) is 3.87. The Morgan fingerprint density at radius 3 is 2.65 bits per heavy atom. The molecule has 0 saturated carbocycles. The number of allylic oxidation sites excluding steroid dienone is 2. The number of rotatable bonds is 4. The van der Waals surface area contributed by atoms with Gasteiger partial charge in [-0.05, 0) is 39.7 Å². The molecule has 1 aliphatic heterocycles. The number of carbonyl (C=O) groups excluding carboxylic acids is 2. The fraction of sp³-hybridized carbons (Fsp3) is 0.476. The normalized spacial score (nSPS) is 22.8. The maximum Gasteiger partial charge on any atom is 0.315 e. The van der Waals surface area contributed by atoms with Crippen LogP contribution in [0.3, 0.4) is 0 Å². The standard InChI is InChI=1S/C21H25NO4/c1-12(2)26-17-11-6-5-8-14(17)19-18(21(24)25-4)13(3)22-15-9-7-10-16(23)20(15)19/h5-6,8,11-12,18-19H,7,9-10H2,1-4H3/t18?,19-/m1/s1. The van der Waals surface area contributed by atoms with E-state index in [4.69, 9.17) is 9.47 Å². The van der Waals surface area contributed by atoms with Gasteiger partial charge in [-0.25, -0.2) is 0 Å². The average Bonchev–Trinajstić information content (AvgIpc) is 2.60. The van der Waals surface area contributed by atoms with Gasteiger partial charge >= 0.3 is 5.97 Å². The van der Waals surface area contributed by atoms with E-state index < -0.39 is 11.8 Å². The second-order valence-corrected chi connectivity index (χ2v) is 7.07. The van der Waals surface area contributed by atoms with Crippen molar-refractivity contribution in [1.82, 2.24) is 0 Å². The van der Waals surface area contributed by atoms with Gasteiger partial charge in [0.25, 0.3) is 0 Å². The molecular formula is C21H25NO4. The van der Waals surface area contributed by atoms with Gasteiger partial charge in [0.15, 0.2) is 5.78 Å². The number of hydrogen-bond donors (Lipinski definition) is 0. The van der Waals surface area contributed by atoms with E-state index in [9.17, 15) is 9.59 Å². The van der Waals surface area contributed by atoms with Gasteiger partial charge in [-0.15, -0.1) is 0 Å². The molecule has 3 rings (SSSR count). The second kappa shape index (κ2) is 7.44. The quantitative estimate of drug-likeness (QED) is 0.770. The molecule has 1 unspecified atom stereocenters. The van der Waals surface area contributed by atoms with E-state index >= 15 is 0 Å². The van der Waals surface area contributed by atoms with Crippen LogP contribution in [0.5, 0.6) is 5.75 Å². The Labute approximate surface area is 154 Å². The molecule has 138 valence electrons. The average molecular weight is 355 g/mol. The number of ketones is 1. The van der Waals surface area contributed by atoms with Gasteiger partial charge in [0.2, 0.25) is 0 Å². The Balaban J connectivity index is 2.20. The largest absolute Gasteiger partial charge is 0.491 e. The highest BCUT2D eigenvalue weighted by Gasteiger charge is 2.44. The first-order valence-electron chi connectivity index (χ1n) is 9.08. The summed E-state index contributed by atoms with van der Waals surface area (Å²) < 4.78 is 11.0. The molecule has 5 heteroatoms. The molecule has 0 N–H and O–H groups in total. The number of benzene rings is 1. The predicted octanol–water partition coefficient (Wildman–Crippen LogP) is 3.83. The summed E-state index contributed by atoms with van der Waals surface area (Å²) >= 11 is 0. The maximum atomic E-state index is 12.8. The second-order valence-electron chi connectivity index (χ2n) is 7.07. The van der Waals surface area contributed by atoms with Crippen LogP contribution in [0, 0.1) is 5.92 Å². The number of Topliss-reactive ketones (excluding diaryl/α,β-unsaturated/α-hetero) is 1. The van der Waals surface area contributed by atoms with Crippen LogP contribution in [0.15, 0.2) is 40.5 Å². The number of methoxy groups -OCH3 is 1. The van der Waals surface area contributed by atoms with Crippen molar-refractivity contribution in [1.29, 1.82) is 0 Å². The molecule has 0 bridgehead atoms. The SMILES string of the molecule is COC(=O)C1C(C)=NC2=C(C(=O)CCC2)[C@@H]1c1ccccc1OC(C)C. The molecular weight excluding hydrogens is 330 g/mol. The number of aliphatic imine (C=N–C) groups is 1. The lowest BCUT2D eigenvalue weighted by atomic mass is 9.71. The van der Waals surface area contributed by atoms with Crippen LogP contribution in [0.4, 0.5) is 0 Å². The van der Waals surface area contributed by atoms with Gasteiger partial charge in [0, 0.05) is 34.9 Å². The summed E-state index contributed by atoms with van der Waals surface area (Å²) in [5, 5.41) is 0. The van der Waals surface area contributed by atoms with Crippen molar-refractivity contribution in [3.05, 3.63) is 41.1 Å². The lowest BCUT2D eigenvalue weighted by molar-refractivity contribution is -0.143. The third kappa shape index (κ3) is 3.30. The third-order valence-electron chi connectivity index (χ3n) is 4.91. The van der Waals surface area contributed by atoms with E-state index in [1.807, 2.05) is 45.0 Å². The van der Waals surface area contributed by atoms with E-state index in [1.54, 1.807) is 0 Å². The summed E-state index contributed by atoms with van der Waals surface area (Å²) in [7, 11) is 1.37. The van der Waals surface area contributed by atoms with E-state index in [0.717, 1.165) is 24.1 Å². The Morgan fingerprint density at radius 1 is 1.23 bits per heavy atom. The minimum atomic E-state index is -0.613. The van der Waals surface area contributed by atoms with E-state index in [2.05, 4.69) is 4.99 Å². The molecule has 0 radical (unpaired) electrons. The lowest BCUT2D eigenvalue weighted by Crippen LogP contribution is -2.37. The predicted molar refractivity (Wildman–Crippen MR) is 99.4 cm³/mol. The van der Waals surface area contributed by atoms with Crippen LogP contribution < -0.4 is 4.74 Å². The zero-order valence-corrected chi connectivity index (χ0v) is 15.7. The zero-order valence-electron chi connectivity index (χ0n) is 15.7. The van der Waals surface area contributed by atoms with E-state index in [1.165, 1.54) is 7.11 Å². The van der Waals surface area contributed by atoms with Gasteiger partial charge in [0.05, 0.1) is 13.2 Å². The minimum Gasteiger partial charge on any atom is -0.491 e. The number of esters is 1. The summed E-state index contributed by atoms with van der Waals surface area (Å²) in [6.45, 7) is 5.75. The molecule has 1 aromatic rings. The molecule has 26 heavy (non-hydrogen) atoms. The van der Waals surface area contributed by atoms with Crippen molar-refractivity contribution in [2.45, 2.75) is 52.1 Å². The van der Waals surface area contributed by atoms with E-state index in [0.29, 0.717) is 23.5 Å². The topological polar surface area (TPSA) is 65.0 Å². The number of hydrogen-bond acceptors (Lipinski definition) is 5. The van der Waals surface area contributed by atoms with Crippen LogP contribution in [-0.2, 0) is 14.3 Å². The smallest absolute Gasteiger partial charge is 0.315 e. The first kappa shape index (κ1) is 18.4. The Bertz CT molecular complexity index is 791. The molecule has 0 amide bonds. The van der Waals surface area contributed by atoms with Crippen molar-refractivity contribution in [2.24, 2.45) is 10.9 Å². The highest BCUT2D eigenvalue weighted by atomic mass is 16.5. The molecule has 5 nitrogen and oxygen atoms in total. The van der Waals surface area contributed by atoms with Crippen molar-refractivity contribution in [3.8, 4) is 5.75 Å². The van der Waals surface area contributed by atoms with Crippen LogP contribution in [0.25, 0.3) is 0 Å². The number of carbonyl (C=O) groups is 2. The third-order valence-corrected chi connectivity index (χ3v) is 4.91. The Hall–Kier alpha value is -2.43. The molecule has 1 aromatic carbocycles. The monoisotopic (exact) mass is 355 g/mol. The first-order valence-corrected chi connectivity index (χ1v) is 9.08. The molecule has 0 aromatic heterocycles. The summed E-state index contributed by atoms with van der Waals surface area (Å²) in [6.07, 6.45) is 2.04. The molecule has 1 heterocycles. The Morgan fingerprint density at radius 2 is 1.96 bits per heavy atom. The number of ether oxygens (including phenoxy) is 2. The molecule has 2 atom stereocenters. The van der Waals surface area contributed by atoms with Crippen molar-refractivity contribution in [3.63, 3.8) is 0 Å². The molecule has 0 spiro atoms. The van der Waals surface area contributed by atoms with Gasteiger partial charge in [-0.1, -0.05) is 18.2 Å². The van der Waals surface area contributed by atoms with Crippen LogP contribution in [0.2, 0.25) is 0 Å². The van der Waals surface area contributed by atoms with Gasteiger partial charge in [-0.3, -0.25) is 14.6 Å². The summed E-state index contributed by atoms with van der Waals surface area (Å²) in [5.41, 5.74) is 2.99. The van der Waals surface area contributed by atoms with Crippen molar-refractivity contribution < 1.29 is 19.1 Å². The summed E-state index contributed by atoms with van der Waals surface area (Å²) in [4.78, 5) is 30.0. The lowest BCUT2D eigenvalue weighted by Gasteiger charge is -2.35. The van der Waals surface area contributed by atoms with Crippen LogP contribution in [-0.4, -0.2) is 30.7 Å². The van der Waals surface area contributed by atoms with E-state index in [-0.39, 0.29) is 17.9 Å². The molecule has 2 aliphatic rings. The minimum absolute atomic E-state index is 0.0124. The van der Waals surface area contributed by atoms with Gasteiger partial charge < -0.3 is 9.47 Å². The first-order chi connectivity index (χ1) is 12.4. The highest BCUT2D eigenvalue weighted by Crippen LogP contribution is 2.46. The van der Waals surface area contributed by atoms with Crippen molar-refractivity contribution in [2.75, 3.05) is 7.11 Å². The highest BCUT2D eigenvalue weighted by molar-refractivity contribution is 6.08. The fourth-order valence-corrected chi connectivity index (χ4v) is 3.87.